The summed E-state index contributed by atoms with van der Waals surface area (Å²) >= 11 is 3.88. The van der Waals surface area contributed by atoms with Crippen LogP contribution in [0, 0.1) is 6.92 Å². The van der Waals surface area contributed by atoms with E-state index in [-0.39, 0.29) is 0 Å². The largest absolute Gasteiger partial charge is 0.398 e. The minimum absolute atomic E-state index is 0.313. The molecule has 106 valence electrons. The van der Waals surface area contributed by atoms with Crippen LogP contribution in [0.5, 0.6) is 0 Å². The second kappa shape index (κ2) is 5.69. The van der Waals surface area contributed by atoms with Crippen molar-refractivity contribution >= 4 is 29.2 Å². The van der Waals surface area contributed by atoms with Gasteiger partial charge in [-0.3, -0.25) is 0 Å². The number of rotatable bonds is 2. The molecule has 6 heteroatoms. The number of aromatic nitrogens is 2. The monoisotopic (exact) mass is 307 g/mol. The van der Waals surface area contributed by atoms with E-state index in [0.29, 0.717) is 16.4 Å². The number of anilines is 1. The summed E-state index contributed by atoms with van der Waals surface area (Å²) in [7, 11) is 0. The second-order valence-corrected chi connectivity index (χ2v) is 7.58. The second-order valence-electron chi connectivity index (χ2n) is 4.84. The lowest BCUT2D eigenvalue weighted by Crippen LogP contribution is -2.16. The van der Waals surface area contributed by atoms with Gasteiger partial charge in [0.05, 0.1) is 5.25 Å². The lowest BCUT2D eigenvalue weighted by atomic mass is 10.1. The Hall–Kier alpha value is -1.14. The van der Waals surface area contributed by atoms with E-state index in [2.05, 4.69) is 17.1 Å². The summed E-state index contributed by atoms with van der Waals surface area (Å²) < 4.78 is 5.45. The highest BCUT2D eigenvalue weighted by Gasteiger charge is 2.28. The highest BCUT2D eigenvalue weighted by atomic mass is 32.2. The summed E-state index contributed by atoms with van der Waals surface area (Å²) in [4.78, 5) is 4.59. The van der Waals surface area contributed by atoms with Crippen molar-refractivity contribution in [2.75, 3.05) is 17.2 Å². The Morgan fingerprint density at radius 3 is 2.90 bits per heavy atom. The van der Waals surface area contributed by atoms with Crippen LogP contribution in [-0.2, 0) is 0 Å². The molecule has 0 bridgehead atoms. The third-order valence-corrected chi connectivity index (χ3v) is 6.58. The van der Waals surface area contributed by atoms with Gasteiger partial charge in [0.25, 0.3) is 5.89 Å². The number of nitrogen functional groups attached to an aromatic ring is 1. The molecule has 1 aromatic heterocycles. The maximum absolute atomic E-state index is 5.93. The number of benzene rings is 1. The van der Waals surface area contributed by atoms with Crippen LogP contribution < -0.4 is 5.73 Å². The lowest BCUT2D eigenvalue weighted by Gasteiger charge is -2.24. The number of nitrogens with two attached hydrogens (primary N) is 1. The van der Waals surface area contributed by atoms with Crippen LogP contribution in [0.25, 0.3) is 11.5 Å². The van der Waals surface area contributed by atoms with Crippen LogP contribution >= 0.6 is 23.5 Å². The predicted molar refractivity (Wildman–Crippen MR) is 86.0 cm³/mol. The van der Waals surface area contributed by atoms with Crippen molar-refractivity contribution in [2.45, 2.75) is 24.3 Å². The maximum Gasteiger partial charge on any atom is 0.258 e. The van der Waals surface area contributed by atoms with Crippen LogP contribution in [0.3, 0.4) is 0 Å². The molecule has 0 radical (unpaired) electrons. The first kappa shape index (κ1) is 13.8. The molecule has 1 aliphatic heterocycles. The molecule has 0 saturated carbocycles. The van der Waals surface area contributed by atoms with E-state index in [1.54, 1.807) is 0 Å². The van der Waals surface area contributed by atoms with E-state index in [0.717, 1.165) is 28.4 Å². The lowest BCUT2D eigenvalue weighted by molar-refractivity contribution is 0.421. The van der Waals surface area contributed by atoms with Crippen molar-refractivity contribution in [2.24, 2.45) is 0 Å². The smallest absolute Gasteiger partial charge is 0.258 e. The topological polar surface area (TPSA) is 64.9 Å². The molecule has 2 atom stereocenters. The molecule has 0 spiro atoms. The van der Waals surface area contributed by atoms with Gasteiger partial charge in [-0.15, -0.1) is 11.8 Å². The number of hydrogen-bond donors (Lipinski definition) is 1. The van der Waals surface area contributed by atoms with Crippen LogP contribution in [-0.4, -0.2) is 26.9 Å². The van der Waals surface area contributed by atoms with E-state index in [4.69, 9.17) is 10.3 Å². The van der Waals surface area contributed by atoms with E-state index >= 15 is 0 Å². The van der Waals surface area contributed by atoms with Gasteiger partial charge in [0.15, 0.2) is 5.82 Å². The van der Waals surface area contributed by atoms with Crippen molar-refractivity contribution in [3.63, 3.8) is 0 Å². The maximum atomic E-state index is 5.93. The quantitative estimate of drug-likeness (QED) is 0.856. The van der Waals surface area contributed by atoms with Crippen LogP contribution in [0.15, 0.2) is 22.7 Å². The molecule has 4 nitrogen and oxygen atoms in total. The van der Waals surface area contributed by atoms with Gasteiger partial charge in [-0.25, -0.2) is 0 Å². The minimum atomic E-state index is 0.313. The van der Waals surface area contributed by atoms with Crippen LogP contribution in [0.1, 0.15) is 23.6 Å². The molecule has 2 N–H and O–H groups in total. The summed E-state index contributed by atoms with van der Waals surface area (Å²) in [5.41, 5.74) is 8.59. The molecular formula is C14H17N3OS2. The summed E-state index contributed by atoms with van der Waals surface area (Å²) in [6, 6.07) is 5.76. The fourth-order valence-electron chi connectivity index (χ4n) is 2.26. The van der Waals surface area contributed by atoms with Gasteiger partial charge in [-0.1, -0.05) is 18.1 Å². The van der Waals surface area contributed by atoms with Crippen molar-refractivity contribution in [1.29, 1.82) is 0 Å². The Kier molecular flexibility index (Phi) is 3.94. The fourth-order valence-corrected chi connectivity index (χ4v) is 4.94. The van der Waals surface area contributed by atoms with Gasteiger partial charge in [0, 0.05) is 28.0 Å². The Labute approximate surface area is 126 Å². The number of thioether (sulfide) groups is 2. The zero-order valence-corrected chi connectivity index (χ0v) is 13.1. The molecular weight excluding hydrogens is 290 g/mol. The van der Waals surface area contributed by atoms with Crippen molar-refractivity contribution in [3.8, 4) is 11.5 Å². The summed E-state index contributed by atoms with van der Waals surface area (Å²) in [5.74, 6) is 3.70. The van der Waals surface area contributed by atoms with Gasteiger partial charge in [-0.05, 0) is 24.6 Å². The summed E-state index contributed by atoms with van der Waals surface area (Å²) in [5, 5.41) is 5.00. The molecule has 2 heterocycles. The average molecular weight is 307 g/mol. The average Bonchev–Trinajstić information content (AvgIpc) is 2.92. The third kappa shape index (κ3) is 2.54. The highest BCUT2D eigenvalue weighted by Crippen LogP contribution is 2.41. The Morgan fingerprint density at radius 2 is 2.10 bits per heavy atom. The van der Waals surface area contributed by atoms with Crippen molar-refractivity contribution < 1.29 is 4.52 Å². The molecule has 0 amide bonds. The highest BCUT2D eigenvalue weighted by molar-refractivity contribution is 8.06. The third-order valence-electron chi connectivity index (χ3n) is 3.49. The van der Waals surface area contributed by atoms with E-state index < -0.39 is 0 Å². The molecule has 2 aromatic rings. The number of hydrogen-bond acceptors (Lipinski definition) is 6. The molecule has 20 heavy (non-hydrogen) atoms. The van der Waals surface area contributed by atoms with Gasteiger partial charge in [-0.2, -0.15) is 16.7 Å². The molecule has 3 rings (SSSR count). The zero-order valence-electron chi connectivity index (χ0n) is 11.5. The molecule has 2 unspecified atom stereocenters. The first-order valence-corrected chi connectivity index (χ1v) is 8.69. The molecule has 1 saturated heterocycles. The fraction of sp³-hybridized carbons (Fsp3) is 0.429. The minimum Gasteiger partial charge on any atom is -0.398 e. The Bertz CT molecular complexity index is 614. The Balaban J connectivity index is 1.92. The molecule has 1 aromatic carbocycles. The zero-order chi connectivity index (χ0) is 14.1. The predicted octanol–water partition coefficient (Wildman–Crippen LogP) is 3.54. The summed E-state index contributed by atoms with van der Waals surface area (Å²) in [6.07, 6.45) is 0. The van der Waals surface area contributed by atoms with Gasteiger partial charge < -0.3 is 10.3 Å². The SMILES string of the molecule is Cc1c(N)cccc1-c1nc(C2SCCSC2C)no1. The van der Waals surface area contributed by atoms with Gasteiger partial charge in [0.2, 0.25) is 0 Å². The first-order valence-electron chi connectivity index (χ1n) is 6.59. The van der Waals surface area contributed by atoms with Gasteiger partial charge in [0.1, 0.15) is 0 Å². The van der Waals surface area contributed by atoms with Crippen LogP contribution in [0.2, 0.25) is 0 Å². The molecule has 1 fully saturated rings. The standard InChI is InChI=1S/C14H17N3OS2/c1-8-10(4-3-5-11(8)15)14-16-13(17-18-14)12-9(2)19-6-7-20-12/h3-5,9,12H,6-7,15H2,1-2H3. The van der Waals surface area contributed by atoms with Crippen molar-refractivity contribution in [1.82, 2.24) is 10.1 Å². The normalized spacial score (nSPS) is 22.9. The van der Waals surface area contributed by atoms with Crippen LogP contribution in [0.4, 0.5) is 5.69 Å². The Morgan fingerprint density at radius 1 is 1.30 bits per heavy atom. The number of nitrogens with zero attached hydrogens (tertiary/aromatic N) is 2. The first-order chi connectivity index (χ1) is 9.66. The van der Waals surface area contributed by atoms with Gasteiger partial charge >= 0.3 is 0 Å². The van der Waals surface area contributed by atoms with E-state index in [9.17, 15) is 0 Å². The van der Waals surface area contributed by atoms with E-state index in [1.165, 1.54) is 5.75 Å². The summed E-state index contributed by atoms with van der Waals surface area (Å²) in [6.45, 7) is 4.20. The molecule has 1 aliphatic rings. The van der Waals surface area contributed by atoms with Crippen molar-refractivity contribution in [3.05, 3.63) is 29.6 Å². The molecule has 0 aliphatic carbocycles. The van der Waals surface area contributed by atoms with E-state index in [1.807, 2.05) is 48.6 Å².